The van der Waals surface area contributed by atoms with Crippen molar-refractivity contribution < 1.29 is 36.6 Å². The van der Waals surface area contributed by atoms with Gasteiger partial charge in [0.15, 0.2) is 17.9 Å². The van der Waals surface area contributed by atoms with Crippen LogP contribution in [0.1, 0.15) is 85.7 Å². The minimum Gasteiger partial charge on any atom is -0.383 e. The Morgan fingerprint density at radius 3 is 2.40 bits per heavy atom. The summed E-state index contributed by atoms with van der Waals surface area (Å²) in [5, 5.41) is 27.1. The van der Waals surface area contributed by atoms with Gasteiger partial charge in [0.1, 0.15) is 6.10 Å². The number of imidazole rings is 1. The minimum absolute atomic E-state index is 0.0841. The number of hydrogen-bond acceptors (Lipinski definition) is 7. The molecule has 0 saturated heterocycles. The zero-order valence-electron chi connectivity index (χ0n) is 22.7. The molecule has 3 atom stereocenters. The van der Waals surface area contributed by atoms with E-state index in [0.29, 0.717) is 21.7 Å². The highest BCUT2D eigenvalue weighted by Crippen LogP contribution is 2.42. The quantitative estimate of drug-likeness (QED) is 0.304. The van der Waals surface area contributed by atoms with E-state index in [0.717, 1.165) is 19.0 Å². The van der Waals surface area contributed by atoms with Gasteiger partial charge < -0.3 is 15.7 Å². The van der Waals surface area contributed by atoms with Crippen LogP contribution in [0.25, 0.3) is 5.65 Å². The third-order valence-electron chi connectivity index (χ3n) is 7.73. The van der Waals surface area contributed by atoms with Crippen molar-refractivity contribution in [3.05, 3.63) is 41.6 Å². The first-order valence-corrected chi connectivity index (χ1v) is 13.8. The summed E-state index contributed by atoms with van der Waals surface area (Å²) in [7, 11) is 0. The molecule has 2 aliphatic rings. The molecule has 2 saturated carbocycles. The lowest BCUT2D eigenvalue weighted by Crippen LogP contribution is -2.37. The van der Waals surface area contributed by atoms with Crippen LogP contribution >= 0.6 is 0 Å². The highest BCUT2D eigenvalue weighted by Gasteiger charge is 2.40. The van der Waals surface area contributed by atoms with Crippen molar-refractivity contribution in [1.82, 2.24) is 40.2 Å². The van der Waals surface area contributed by atoms with Gasteiger partial charge in [-0.25, -0.2) is 18.3 Å². The Labute approximate surface area is 236 Å². The predicted octanol–water partition coefficient (Wildman–Crippen LogP) is 3.52. The minimum atomic E-state index is -4.58. The molecule has 16 heteroatoms. The summed E-state index contributed by atoms with van der Waals surface area (Å²) in [6.07, 6.45) is -0.209. The van der Waals surface area contributed by atoms with Crippen molar-refractivity contribution >= 4 is 17.5 Å². The number of carbonyl (C=O) groups excluding carboxylic acids is 2. The number of fused-ring (bicyclic) bond motifs is 1. The number of hydrogen-bond donors (Lipinski definition) is 3. The molecule has 2 amide bonds. The molecule has 3 N–H and O–H groups in total. The Kier molecular flexibility index (Phi) is 8.18. The van der Waals surface area contributed by atoms with Crippen LogP contribution in [-0.4, -0.2) is 64.7 Å². The fourth-order valence-corrected chi connectivity index (χ4v) is 5.25. The first-order valence-electron chi connectivity index (χ1n) is 13.8. The molecule has 2 aliphatic carbocycles. The van der Waals surface area contributed by atoms with Gasteiger partial charge in [-0.1, -0.05) is 6.92 Å². The van der Waals surface area contributed by atoms with E-state index in [1.54, 1.807) is 25.4 Å². The normalized spacial score (nSPS) is 19.8. The predicted molar refractivity (Wildman–Crippen MR) is 136 cm³/mol. The molecule has 0 aliphatic heterocycles. The van der Waals surface area contributed by atoms with Gasteiger partial charge in [-0.05, 0) is 55.6 Å². The van der Waals surface area contributed by atoms with Crippen LogP contribution in [0.4, 0.5) is 22.0 Å². The summed E-state index contributed by atoms with van der Waals surface area (Å²) in [6.45, 7) is 0.227. The average Bonchev–Trinajstić information content (AvgIpc) is 3.52. The third kappa shape index (κ3) is 7.02. The molecule has 0 radical (unpaired) electrons. The zero-order valence-corrected chi connectivity index (χ0v) is 22.7. The van der Waals surface area contributed by atoms with Crippen LogP contribution < -0.4 is 10.6 Å². The molecule has 0 bridgehead atoms. The summed E-state index contributed by atoms with van der Waals surface area (Å²) in [6, 6.07) is 0.492. The van der Waals surface area contributed by atoms with E-state index in [9.17, 15) is 36.6 Å². The van der Waals surface area contributed by atoms with Gasteiger partial charge in [-0.3, -0.25) is 9.59 Å². The van der Waals surface area contributed by atoms with Gasteiger partial charge in [-0.2, -0.15) is 28.2 Å². The highest BCUT2D eigenvalue weighted by atomic mass is 19.4. The Morgan fingerprint density at radius 1 is 1.07 bits per heavy atom. The monoisotopic (exact) mass is 598 g/mol. The number of halogens is 5. The Hall–Kier alpha value is -3.69. The van der Waals surface area contributed by atoms with Crippen molar-refractivity contribution in [2.24, 2.45) is 11.8 Å². The fourth-order valence-electron chi connectivity index (χ4n) is 5.25. The third-order valence-corrected chi connectivity index (χ3v) is 7.73. The molecule has 3 aromatic heterocycles. The maximum atomic E-state index is 14.0. The summed E-state index contributed by atoms with van der Waals surface area (Å²) in [5.74, 6) is -4.38. The van der Waals surface area contributed by atoms with Gasteiger partial charge in [0.05, 0.1) is 36.4 Å². The van der Waals surface area contributed by atoms with Crippen molar-refractivity contribution in [2.75, 3.05) is 0 Å². The largest absolute Gasteiger partial charge is 0.409 e. The molecule has 2 fully saturated rings. The lowest BCUT2D eigenvalue weighted by atomic mass is 9.81. The number of nitrogens with zero attached hydrogens (tertiary/aromatic N) is 6. The van der Waals surface area contributed by atoms with Crippen LogP contribution in [0.2, 0.25) is 0 Å². The molecule has 0 spiro atoms. The number of aromatic nitrogens is 6. The van der Waals surface area contributed by atoms with Crippen LogP contribution in [0, 0.1) is 11.8 Å². The Morgan fingerprint density at radius 2 is 1.76 bits per heavy atom. The number of aliphatic hydroxyl groups excluding tert-OH is 1. The van der Waals surface area contributed by atoms with Crippen LogP contribution in [0.3, 0.4) is 0 Å². The fraction of sp³-hybridized carbons (Fsp3) is 0.615. The molecule has 0 aromatic carbocycles. The SMILES string of the molecule is CC[C@@H](O)C(=O)N[C@@H](c1cnn2cc([C@@H](NC(=O)c3cnn(CC(F)(F)F)n3)C3CCC(F)(F)CC3)nc2c1)C1CC1. The first-order chi connectivity index (χ1) is 19.8. The molecule has 5 rings (SSSR count). The summed E-state index contributed by atoms with van der Waals surface area (Å²) < 4.78 is 67.5. The van der Waals surface area contributed by atoms with Gasteiger partial charge in [-0.15, -0.1) is 5.10 Å². The van der Waals surface area contributed by atoms with Gasteiger partial charge in [0, 0.05) is 12.8 Å². The number of amides is 2. The molecule has 42 heavy (non-hydrogen) atoms. The molecule has 11 nitrogen and oxygen atoms in total. The van der Waals surface area contributed by atoms with Crippen LogP contribution in [0.5, 0.6) is 0 Å². The smallest absolute Gasteiger partial charge is 0.383 e. The van der Waals surface area contributed by atoms with E-state index in [1.807, 2.05) is 0 Å². The van der Waals surface area contributed by atoms with E-state index in [2.05, 4.69) is 30.9 Å². The molecule has 228 valence electrons. The van der Waals surface area contributed by atoms with Gasteiger partial charge >= 0.3 is 6.18 Å². The second-order valence-electron chi connectivity index (χ2n) is 11.0. The van der Waals surface area contributed by atoms with Crippen molar-refractivity contribution in [3.63, 3.8) is 0 Å². The summed E-state index contributed by atoms with van der Waals surface area (Å²) >= 11 is 0. The molecule has 3 aromatic rings. The second-order valence-corrected chi connectivity index (χ2v) is 11.0. The van der Waals surface area contributed by atoms with E-state index in [1.165, 1.54) is 4.52 Å². The van der Waals surface area contributed by atoms with Gasteiger partial charge in [0.2, 0.25) is 11.8 Å². The number of alkyl halides is 5. The average molecular weight is 599 g/mol. The van der Waals surface area contributed by atoms with Crippen molar-refractivity contribution in [1.29, 1.82) is 0 Å². The maximum absolute atomic E-state index is 14.0. The topological polar surface area (TPSA) is 139 Å². The molecular weight excluding hydrogens is 567 g/mol. The summed E-state index contributed by atoms with van der Waals surface area (Å²) in [5.41, 5.74) is 1.04. The molecular formula is C26H31F5N8O3. The number of aliphatic hydroxyl groups is 1. The standard InChI is InChI=1S/C26H31F5N8O3/c1-2-19(40)24(42)35-21(14-3-4-14)16-9-20-34-18(12-38(20)32-10-16)22(15-5-7-25(27,28)8-6-15)36-23(41)17-11-33-39(37-17)13-26(29,30)31/h9-12,14-15,19,21-22,40H,2-8,13H2,1H3,(H,35,42)(H,36,41)/t19-,21-,22+/m1/s1. The Balaban J connectivity index is 1.41. The summed E-state index contributed by atoms with van der Waals surface area (Å²) in [4.78, 5) is 30.4. The number of rotatable bonds is 10. The lowest BCUT2D eigenvalue weighted by molar-refractivity contribution is -0.145. The lowest BCUT2D eigenvalue weighted by Gasteiger charge is -2.33. The molecule has 0 unspecified atom stereocenters. The Bertz CT molecular complexity index is 1430. The van der Waals surface area contributed by atoms with E-state index in [-0.39, 0.29) is 49.8 Å². The number of nitrogens with one attached hydrogen (secondary N) is 2. The molecule has 3 heterocycles. The van der Waals surface area contributed by atoms with Crippen molar-refractivity contribution in [2.45, 2.75) is 88.7 Å². The van der Waals surface area contributed by atoms with Crippen molar-refractivity contribution in [3.8, 4) is 0 Å². The van der Waals surface area contributed by atoms with Crippen LogP contribution in [-0.2, 0) is 11.3 Å². The second kappa shape index (κ2) is 11.5. The zero-order chi connectivity index (χ0) is 30.2. The highest BCUT2D eigenvalue weighted by molar-refractivity contribution is 5.92. The van der Waals surface area contributed by atoms with E-state index in [4.69, 9.17) is 0 Å². The van der Waals surface area contributed by atoms with Gasteiger partial charge in [0.25, 0.3) is 5.91 Å². The maximum Gasteiger partial charge on any atom is 0.409 e. The van der Waals surface area contributed by atoms with Crippen LogP contribution in [0.15, 0.2) is 24.7 Å². The number of carbonyl (C=O) groups is 2. The van der Waals surface area contributed by atoms with E-state index < -0.39 is 48.5 Å². The first kappa shape index (κ1) is 29.8. The van der Waals surface area contributed by atoms with E-state index >= 15 is 0 Å².